The van der Waals surface area contributed by atoms with Crippen molar-refractivity contribution < 1.29 is 13.2 Å². The van der Waals surface area contributed by atoms with Gasteiger partial charge in [0.15, 0.2) is 15.0 Å². The highest BCUT2D eigenvalue weighted by atomic mass is 35.5. The molecule has 0 aliphatic rings. The van der Waals surface area contributed by atoms with Crippen LogP contribution < -0.4 is 5.32 Å². The van der Waals surface area contributed by atoms with Crippen LogP contribution in [0.3, 0.4) is 0 Å². The average Bonchev–Trinajstić information content (AvgIpc) is 3.22. The fourth-order valence-electron chi connectivity index (χ4n) is 2.06. The van der Waals surface area contributed by atoms with Crippen molar-refractivity contribution in [3.8, 4) is 10.6 Å². The van der Waals surface area contributed by atoms with E-state index in [1.165, 1.54) is 46.9 Å². The third kappa shape index (κ3) is 4.83. The van der Waals surface area contributed by atoms with Crippen molar-refractivity contribution in [2.75, 3.05) is 11.1 Å². The number of sulfone groups is 1. The van der Waals surface area contributed by atoms with E-state index in [0.717, 1.165) is 10.6 Å². The molecule has 0 radical (unpaired) electrons. The van der Waals surface area contributed by atoms with Gasteiger partial charge in [-0.05, 0) is 36.4 Å². The predicted octanol–water partition coefficient (Wildman–Crippen LogP) is 4.98. The summed E-state index contributed by atoms with van der Waals surface area (Å²) in [6.07, 6.45) is -0.162. The van der Waals surface area contributed by atoms with Gasteiger partial charge in [0.05, 0.1) is 25.6 Å². The number of nitrogens with zero attached hydrogens (tertiary/aromatic N) is 1. The molecule has 1 amide bonds. The van der Waals surface area contributed by atoms with Gasteiger partial charge in [-0.1, -0.05) is 23.2 Å². The standard InChI is InChI=1S/C16H12Cl2N2O3S3/c17-10-1-3-11(4-2-10)26(22,23)8-7-15(21)20-16-19-12(9-24-16)13-5-6-14(18)25-13/h1-6,9H,7-8H2,(H,19,20,21). The van der Waals surface area contributed by atoms with Gasteiger partial charge in [-0.3, -0.25) is 4.79 Å². The topological polar surface area (TPSA) is 76.1 Å². The Hall–Kier alpha value is -1.45. The van der Waals surface area contributed by atoms with Crippen LogP contribution in [0.4, 0.5) is 5.13 Å². The SMILES string of the molecule is O=C(CCS(=O)(=O)c1ccc(Cl)cc1)Nc1nc(-c2ccc(Cl)s2)cs1. The largest absolute Gasteiger partial charge is 0.302 e. The molecule has 3 aromatic rings. The summed E-state index contributed by atoms with van der Waals surface area (Å²) in [5.41, 5.74) is 0.719. The molecule has 136 valence electrons. The number of carbonyl (C=O) groups is 1. The Morgan fingerprint density at radius 1 is 1.12 bits per heavy atom. The molecule has 0 spiro atoms. The van der Waals surface area contributed by atoms with Crippen molar-refractivity contribution in [1.29, 1.82) is 0 Å². The highest BCUT2D eigenvalue weighted by molar-refractivity contribution is 7.91. The zero-order chi connectivity index (χ0) is 18.7. The third-order valence-electron chi connectivity index (χ3n) is 3.35. The number of halogens is 2. The van der Waals surface area contributed by atoms with E-state index in [0.29, 0.717) is 14.5 Å². The third-order valence-corrected chi connectivity index (χ3v) is 7.34. The number of carbonyl (C=O) groups excluding carboxylic acids is 1. The van der Waals surface area contributed by atoms with Gasteiger partial charge in [-0.15, -0.1) is 22.7 Å². The fourth-order valence-corrected chi connectivity index (χ4v) is 5.24. The van der Waals surface area contributed by atoms with Crippen LogP contribution in [0, 0.1) is 0 Å². The van der Waals surface area contributed by atoms with Gasteiger partial charge in [0.1, 0.15) is 0 Å². The van der Waals surface area contributed by atoms with Crippen LogP contribution in [0.25, 0.3) is 10.6 Å². The number of rotatable bonds is 6. The molecule has 0 fully saturated rings. The van der Waals surface area contributed by atoms with Crippen LogP contribution in [0.2, 0.25) is 9.36 Å². The van der Waals surface area contributed by atoms with Gasteiger partial charge in [0.2, 0.25) is 5.91 Å². The van der Waals surface area contributed by atoms with Gasteiger partial charge >= 0.3 is 0 Å². The van der Waals surface area contributed by atoms with Crippen LogP contribution >= 0.6 is 45.9 Å². The minimum Gasteiger partial charge on any atom is -0.302 e. The van der Waals surface area contributed by atoms with Crippen LogP contribution in [0.5, 0.6) is 0 Å². The lowest BCUT2D eigenvalue weighted by Gasteiger charge is -2.05. The molecule has 1 N–H and O–H groups in total. The Morgan fingerprint density at radius 2 is 1.85 bits per heavy atom. The van der Waals surface area contributed by atoms with Crippen molar-refractivity contribution in [2.45, 2.75) is 11.3 Å². The number of amides is 1. The molecular weight excluding hydrogens is 435 g/mol. The Balaban J connectivity index is 1.59. The first-order chi connectivity index (χ1) is 12.3. The molecule has 2 aromatic heterocycles. The van der Waals surface area contributed by atoms with Crippen LogP contribution in [0.1, 0.15) is 6.42 Å². The molecule has 0 unspecified atom stereocenters. The molecule has 0 saturated carbocycles. The summed E-state index contributed by atoms with van der Waals surface area (Å²) in [5, 5.41) is 5.30. The summed E-state index contributed by atoms with van der Waals surface area (Å²) in [6.45, 7) is 0. The van der Waals surface area contributed by atoms with E-state index < -0.39 is 15.7 Å². The molecular formula is C16H12Cl2N2O3S3. The highest BCUT2D eigenvalue weighted by Gasteiger charge is 2.17. The zero-order valence-corrected chi connectivity index (χ0v) is 17.1. The summed E-state index contributed by atoms with van der Waals surface area (Å²) in [4.78, 5) is 17.4. The summed E-state index contributed by atoms with van der Waals surface area (Å²) in [7, 11) is -3.55. The number of thiophene rings is 1. The second-order valence-corrected chi connectivity index (χ2v) is 10.3. The normalized spacial score (nSPS) is 11.5. The van der Waals surface area contributed by atoms with Crippen molar-refractivity contribution in [2.24, 2.45) is 0 Å². The summed E-state index contributed by atoms with van der Waals surface area (Å²) in [6, 6.07) is 9.49. The lowest BCUT2D eigenvalue weighted by molar-refractivity contribution is -0.115. The number of thiazole rings is 1. The van der Waals surface area contributed by atoms with Gasteiger partial charge in [-0.2, -0.15) is 0 Å². The number of hydrogen-bond donors (Lipinski definition) is 1. The van der Waals surface area contributed by atoms with E-state index in [4.69, 9.17) is 23.2 Å². The van der Waals surface area contributed by atoms with Gasteiger partial charge in [-0.25, -0.2) is 13.4 Å². The maximum atomic E-state index is 12.2. The van der Waals surface area contributed by atoms with E-state index in [-0.39, 0.29) is 17.1 Å². The molecule has 26 heavy (non-hydrogen) atoms. The maximum Gasteiger partial charge on any atom is 0.227 e. The van der Waals surface area contributed by atoms with Crippen molar-refractivity contribution in [1.82, 2.24) is 4.98 Å². The number of aromatic nitrogens is 1. The fraction of sp³-hybridized carbons (Fsp3) is 0.125. The van der Waals surface area contributed by atoms with Gasteiger partial charge in [0.25, 0.3) is 0 Å². The first-order valence-electron chi connectivity index (χ1n) is 7.33. The molecule has 0 aliphatic heterocycles. The predicted molar refractivity (Wildman–Crippen MR) is 107 cm³/mol. The number of nitrogens with one attached hydrogen (secondary N) is 1. The van der Waals surface area contributed by atoms with Gasteiger partial charge < -0.3 is 5.32 Å². The zero-order valence-electron chi connectivity index (χ0n) is 13.1. The lowest BCUT2D eigenvalue weighted by atomic mass is 10.4. The van der Waals surface area contributed by atoms with E-state index in [9.17, 15) is 13.2 Å². The van der Waals surface area contributed by atoms with Crippen molar-refractivity contribution in [3.05, 3.63) is 51.1 Å². The monoisotopic (exact) mass is 446 g/mol. The molecule has 1 aromatic carbocycles. The molecule has 10 heteroatoms. The van der Waals surface area contributed by atoms with Crippen LogP contribution in [-0.4, -0.2) is 25.1 Å². The van der Waals surface area contributed by atoms with Crippen molar-refractivity contribution >= 4 is 66.8 Å². The summed E-state index contributed by atoms with van der Waals surface area (Å²) in [5.74, 6) is -0.702. The van der Waals surface area contributed by atoms with E-state index >= 15 is 0 Å². The molecule has 2 heterocycles. The maximum absolute atomic E-state index is 12.2. The minimum absolute atomic E-state index is 0.140. The molecule has 3 rings (SSSR count). The smallest absolute Gasteiger partial charge is 0.227 e. The minimum atomic E-state index is -3.55. The first kappa shape index (κ1) is 19.3. The highest BCUT2D eigenvalue weighted by Crippen LogP contribution is 2.32. The average molecular weight is 447 g/mol. The van der Waals surface area contributed by atoms with E-state index in [1.54, 1.807) is 6.07 Å². The van der Waals surface area contributed by atoms with E-state index in [1.807, 2.05) is 11.4 Å². The Labute approximate surface area is 168 Å². The first-order valence-corrected chi connectivity index (χ1v) is 11.4. The van der Waals surface area contributed by atoms with Crippen molar-refractivity contribution in [3.63, 3.8) is 0 Å². The summed E-state index contributed by atoms with van der Waals surface area (Å²) >= 11 is 14.3. The van der Waals surface area contributed by atoms with Gasteiger partial charge in [0, 0.05) is 16.8 Å². The Bertz CT molecular complexity index is 1030. The number of benzene rings is 1. The van der Waals surface area contributed by atoms with Crippen LogP contribution in [-0.2, 0) is 14.6 Å². The number of hydrogen-bond acceptors (Lipinski definition) is 6. The number of anilines is 1. The molecule has 0 bridgehead atoms. The summed E-state index contributed by atoms with van der Waals surface area (Å²) < 4.78 is 25.1. The molecule has 5 nitrogen and oxygen atoms in total. The second-order valence-electron chi connectivity index (χ2n) is 5.21. The van der Waals surface area contributed by atoms with Crippen LogP contribution in [0.15, 0.2) is 46.7 Å². The second kappa shape index (κ2) is 8.06. The molecule has 0 saturated heterocycles. The van der Waals surface area contributed by atoms with E-state index in [2.05, 4.69) is 10.3 Å². The lowest BCUT2D eigenvalue weighted by Crippen LogP contribution is -2.17. The Morgan fingerprint density at radius 3 is 2.50 bits per heavy atom. The Kier molecular flexibility index (Phi) is 5.99. The molecule has 0 atom stereocenters. The molecule has 0 aliphatic carbocycles. The quantitative estimate of drug-likeness (QED) is 0.578.